The SMILES string of the molecule is OC1(Cc2c(F)cccc2F)CC2CCC(C1)N2Cc1ccccc1. The van der Waals surface area contributed by atoms with Crippen molar-refractivity contribution in [2.24, 2.45) is 0 Å². The Morgan fingerprint density at radius 1 is 0.920 bits per heavy atom. The van der Waals surface area contributed by atoms with E-state index in [0.29, 0.717) is 12.8 Å². The van der Waals surface area contributed by atoms with E-state index in [-0.39, 0.29) is 24.1 Å². The van der Waals surface area contributed by atoms with Crippen molar-refractivity contribution in [2.45, 2.75) is 56.3 Å². The van der Waals surface area contributed by atoms with Crippen LogP contribution in [0.3, 0.4) is 0 Å². The minimum absolute atomic E-state index is 0.0147. The number of fused-ring (bicyclic) bond motifs is 2. The maximum absolute atomic E-state index is 14.0. The number of hydrogen-bond donors (Lipinski definition) is 1. The molecular weight excluding hydrogens is 320 g/mol. The average molecular weight is 343 g/mol. The summed E-state index contributed by atoms with van der Waals surface area (Å²) >= 11 is 0. The highest BCUT2D eigenvalue weighted by Crippen LogP contribution is 2.43. The molecule has 2 aliphatic rings. The fraction of sp³-hybridized carbons (Fsp3) is 0.429. The number of hydrogen-bond acceptors (Lipinski definition) is 2. The third-order valence-electron chi connectivity index (χ3n) is 5.78. The minimum atomic E-state index is -1.03. The molecule has 2 bridgehead atoms. The van der Waals surface area contributed by atoms with Crippen molar-refractivity contribution in [3.05, 3.63) is 71.3 Å². The second-order valence-electron chi connectivity index (χ2n) is 7.55. The molecule has 2 saturated heterocycles. The summed E-state index contributed by atoms with van der Waals surface area (Å²) < 4.78 is 28.0. The lowest BCUT2D eigenvalue weighted by molar-refractivity contribution is -0.0549. The number of rotatable bonds is 4. The molecule has 0 aliphatic carbocycles. The van der Waals surface area contributed by atoms with E-state index in [0.717, 1.165) is 19.4 Å². The Kier molecular flexibility index (Phi) is 4.34. The standard InChI is InChI=1S/C21H23F2NO/c22-19-7-4-8-20(23)18(19)13-21(25)11-16-9-10-17(12-21)24(16)14-15-5-2-1-3-6-15/h1-8,16-17,25H,9-14H2. The lowest BCUT2D eigenvalue weighted by Gasteiger charge is -2.44. The van der Waals surface area contributed by atoms with Crippen LogP contribution in [0.2, 0.25) is 0 Å². The highest BCUT2D eigenvalue weighted by molar-refractivity contribution is 5.23. The Labute approximate surface area is 147 Å². The van der Waals surface area contributed by atoms with E-state index < -0.39 is 17.2 Å². The normalized spacial score (nSPS) is 29.1. The van der Waals surface area contributed by atoms with Gasteiger partial charge in [0.05, 0.1) is 5.60 Å². The first kappa shape index (κ1) is 16.7. The fourth-order valence-electron chi connectivity index (χ4n) is 4.64. The van der Waals surface area contributed by atoms with Gasteiger partial charge in [-0.1, -0.05) is 36.4 Å². The molecule has 4 heteroatoms. The lowest BCUT2D eigenvalue weighted by Crippen LogP contribution is -2.51. The molecule has 2 unspecified atom stereocenters. The van der Waals surface area contributed by atoms with Crippen molar-refractivity contribution in [2.75, 3.05) is 0 Å². The number of benzene rings is 2. The Morgan fingerprint density at radius 3 is 2.12 bits per heavy atom. The van der Waals surface area contributed by atoms with E-state index in [9.17, 15) is 13.9 Å². The maximum atomic E-state index is 14.0. The largest absolute Gasteiger partial charge is 0.389 e. The van der Waals surface area contributed by atoms with Crippen LogP contribution in [0.1, 0.15) is 36.8 Å². The topological polar surface area (TPSA) is 23.5 Å². The second kappa shape index (κ2) is 6.50. The first-order chi connectivity index (χ1) is 12.0. The van der Waals surface area contributed by atoms with Gasteiger partial charge in [0.2, 0.25) is 0 Å². The van der Waals surface area contributed by atoms with Gasteiger partial charge in [0.15, 0.2) is 0 Å². The summed E-state index contributed by atoms with van der Waals surface area (Å²) in [5.41, 5.74) is 0.257. The third kappa shape index (κ3) is 3.33. The molecule has 2 atom stereocenters. The maximum Gasteiger partial charge on any atom is 0.129 e. The zero-order valence-electron chi connectivity index (χ0n) is 14.2. The van der Waals surface area contributed by atoms with Gasteiger partial charge in [-0.2, -0.15) is 0 Å². The molecule has 2 nitrogen and oxygen atoms in total. The molecule has 2 aliphatic heterocycles. The van der Waals surface area contributed by atoms with Gasteiger partial charge < -0.3 is 5.11 Å². The third-order valence-corrected chi connectivity index (χ3v) is 5.78. The van der Waals surface area contributed by atoms with Crippen LogP contribution >= 0.6 is 0 Å². The second-order valence-corrected chi connectivity index (χ2v) is 7.55. The average Bonchev–Trinajstić information content (AvgIpc) is 2.84. The molecule has 0 saturated carbocycles. The monoisotopic (exact) mass is 343 g/mol. The lowest BCUT2D eigenvalue weighted by atomic mass is 9.81. The first-order valence-corrected chi connectivity index (χ1v) is 8.99. The van der Waals surface area contributed by atoms with Crippen LogP contribution < -0.4 is 0 Å². The number of halogens is 2. The van der Waals surface area contributed by atoms with Gasteiger partial charge in [-0.15, -0.1) is 0 Å². The summed E-state index contributed by atoms with van der Waals surface area (Å²) in [6.45, 7) is 0.875. The van der Waals surface area contributed by atoms with Gasteiger partial charge in [-0.25, -0.2) is 8.78 Å². The summed E-state index contributed by atoms with van der Waals surface area (Å²) in [5.74, 6) is -1.13. The quantitative estimate of drug-likeness (QED) is 0.905. The summed E-state index contributed by atoms with van der Waals surface area (Å²) in [4.78, 5) is 2.46. The molecule has 0 amide bonds. The Balaban J connectivity index is 1.50. The molecule has 2 fully saturated rings. The van der Waals surface area contributed by atoms with Gasteiger partial charge in [0.25, 0.3) is 0 Å². The van der Waals surface area contributed by atoms with Gasteiger partial charge in [-0.3, -0.25) is 4.90 Å². The fourth-order valence-corrected chi connectivity index (χ4v) is 4.64. The first-order valence-electron chi connectivity index (χ1n) is 8.99. The van der Waals surface area contributed by atoms with Crippen LogP contribution in [0.5, 0.6) is 0 Å². The van der Waals surface area contributed by atoms with Crippen molar-refractivity contribution in [1.82, 2.24) is 4.90 Å². The minimum Gasteiger partial charge on any atom is -0.389 e. The van der Waals surface area contributed by atoms with Crippen LogP contribution in [0.25, 0.3) is 0 Å². The Hall–Kier alpha value is -1.78. The van der Waals surface area contributed by atoms with Crippen LogP contribution in [-0.2, 0) is 13.0 Å². The summed E-state index contributed by atoms with van der Waals surface area (Å²) in [5, 5.41) is 11.1. The van der Waals surface area contributed by atoms with Gasteiger partial charge in [0, 0.05) is 30.6 Å². The van der Waals surface area contributed by atoms with E-state index in [1.165, 1.54) is 23.8 Å². The molecule has 2 aromatic rings. The Bertz CT molecular complexity index is 715. The van der Waals surface area contributed by atoms with Crippen molar-refractivity contribution < 1.29 is 13.9 Å². The molecule has 132 valence electrons. The summed E-state index contributed by atoms with van der Waals surface area (Å²) in [6.07, 6.45) is 3.28. The molecule has 2 heterocycles. The van der Waals surface area contributed by atoms with Crippen molar-refractivity contribution in [3.63, 3.8) is 0 Å². The van der Waals surface area contributed by atoms with Crippen molar-refractivity contribution in [3.8, 4) is 0 Å². The molecule has 0 aromatic heterocycles. The van der Waals surface area contributed by atoms with E-state index in [1.807, 2.05) is 18.2 Å². The Morgan fingerprint density at radius 2 is 1.52 bits per heavy atom. The van der Waals surface area contributed by atoms with E-state index in [2.05, 4.69) is 17.0 Å². The predicted octanol–water partition coefficient (Wildman–Crippen LogP) is 4.07. The highest BCUT2D eigenvalue weighted by atomic mass is 19.1. The zero-order valence-corrected chi connectivity index (χ0v) is 14.2. The number of aliphatic hydroxyl groups is 1. The molecule has 2 aromatic carbocycles. The van der Waals surface area contributed by atoms with Crippen LogP contribution in [0.15, 0.2) is 48.5 Å². The highest BCUT2D eigenvalue weighted by Gasteiger charge is 2.47. The molecular formula is C21H23F2NO. The van der Waals surface area contributed by atoms with E-state index in [1.54, 1.807) is 0 Å². The van der Waals surface area contributed by atoms with Crippen LogP contribution in [-0.4, -0.2) is 27.7 Å². The zero-order chi connectivity index (χ0) is 17.4. The van der Waals surface area contributed by atoms with Gasteiger partial charge >= 0.3 is 0 Å². The predicted molar refractivity (Wildman–Crippen MR) is 93.0 cm³/mol. The molecule has 0 spiro atoms. The van der Waals surface area contributed by atoms with Crippen molar-refractivity contribution >= 4 is 0 Å². The smallest absolute Gasteiger partial charge is 0.129 e. The van der Waals surface area contributed by atoms with Gasteiger partial charge in [0.1, 0.15) is 11.6 Å². The summed E-state index contributed by atoms with van der Waals surface area (Å²) in [6, 6.07) is 14.8. The molecule has 0 radical (unpaired) electrons. The van der Waals surface area contributed by atoms with E-state index >= 15 is 0 Å². The number of nitrogens with zero attached hydrogens (tertiary/aromatic N) is 1. The van der Waals surface area contributed by atoms with Crippen molar-refractivity contribution in [1.29, 1.82) is 0 Å². The summed E-state index contributed by atoms with van der Waals surface area (Å²) in [7, 11) is 0. The van der Waals surface area contributed by atoms with E-state index in [4.69, 9.17) is 0 Å². The van der Waals surface area contributed by atoms with Gasteiger partial charge in [-0.05, 0) is 43.4 Å². The number of piperidine rings is 1. The molecule has 4 rings (SSSR count). The van der Waals surface area contributed by atoms with Crippen LogP contribution in [0.4, 0.5) is 8.78 Å². The molecule has 25 heavy (non-hydrogen) atoms. The van der Waals surface area contributed by atoms with Crippen LogP contribution in [0, 0.1) is 11.6 Å². The molecule has 1 N–H and O–H groups in total.